The quantitative estimate of drug-likeness (QED) is 0.477. The van der Waals surface area contributed by atoms with Gasteiger partial charge in [0.2, 0.25) is 0 Å². The highest BCUT2D eigenvalue weighted by molar-refractivity contribution is 5.70. The van der Waals surface area contributed by atoms with Gasteiger partial charge in [-0.1, -0.05) is 18.2 Å². The molecule has 6 heteroatoms. The molecule has 0 aromatic heterocycles. The minimum Gasteiger partial charge on any atom is -0.466 e. The Kier molecular flexibility index (Phi) is 4.59. The molecule has 0 saturated heterocycles. The summed E-state index contributed by atoms with van der Waals surface area (Å²) in [7, 11) is 0. The van der Waals surface area contributed by atoms with Crippen molar-refractivity contribution in [2.45, 2.75) is 19.4 Å². The van der Waals surface area contributed by atoms with Gasteiger partial charge >= 0.3 is 5.97 Å². The monoisotopic (exact) mass is 238 g/mol. The van der Waals surface area contributed by atoms with E-state index < -0.39 is 16.9 Å². The summed E-state index contributed by atoms with van der Waals surface area (Å²) in [4.78, 5) is 21.5. The predicted molar refractivity (Wildman–Crippen MR) is 61.3 cm³/mol. The van der Waals surface area contributed by atoms with E-state index in [4.69, 9.17) is 10.5 Å². The number of nitrogens with two attached hydrogens (primary N) is 1. The molecule has 1 aromatic rings. The molecule has 17 heavy (non-hydrogen) atoms. The molecule has 0 spiro atoms. The number of nitrogens with zero attached hydrogens (tertiary/aromatic N) is 1. The lowest BCUT2D eigenvalue weighted by molar-refractivity contribution is -0.385. The molecule has 0 aliphatic carbocycles. The van der Waals surface area contributed by atoms with E-state index in [1.54, 1.807) is 25.1 Å². The van der Waals surface area contributed by atoms with Crippen LogP contribution in [0.1, 0.15) is 24.9 Å². The fourth-order valence-corrected chi connectivity index (χ4v) is 1.48. The number of carbonyl (C=O) groups excluding carboxylic acids is 1. The van der Waals surface area contributed by atoms with Crippen LogP contribution in [-0.2, 0) is 9.53 Å². The van der Waals surface area contributed by atoms with Crippen LogP contribution in [-0.4, -0.2) is 17.5 Å². The Bertz CT molecular complexity index is 420. The molecule has 0 fully saturated rings. The van der Waals surface area contributed by atoms with Crippen molar-refractivity contribution in [2.24, 2.45) is 5.73 Å². The molecular formula is C11H14N2O4. The van der Waals surface area contributed by atoms with Crippen molar-refractivity contribution >= 4 is 11.7 Å². The van der Waals surface area contributed by atoms with Crippen LogP contribution < -0.4 is 5.73 Å². The summed E-state index contributed by atoms with van der Waals surface area (Å²) in [5, 5.41) is 10.8. The van der Waals surface area contributed by atoms with E-state index >= 15 is 0 Å². The third-order valence-corrected chi connectivity index (χ3v) is 2.22. The molecule has 0 aliphatic heterocycles. The van der Waals surface area contributed by atoms with Crippen LogP contribution in [0, 0.1) is 10.1 Å². The molecule has 92 valence electrons. The number of ether oxygens (including phenoxy) is 1. The molecule has 1 aromatic carbocycles. The second-order valence-corrected chi connectivity index (χ2v) is 3.43. The van der Waals surface area contributed by atoms with Crippen LogP contribution >= 0.6 is 0 Å². The number of rotatable bonds is 5. The van der Waals surface area contributed by atoms with Crippen LogP contribution in [0.3, 0.4) is 0 Å². The number of benzene rings is 1. The zero-order valence-corrected chi connectivity index (χ0v) is 9.46. The number of hydrogen-bond acceptors (Lipinski definition) is 5. The molecule has 0 bridgehead atoms. The van der Waals surface area contributed by atoms with Gasteiger partial charge in [0.05, 0.1) is 18.0 Å². The number of carbonyl (C=O) groups is 1. The molecule has 1 rings (SSSR count). The maximum absolute atomic E-state index is 11.2. The number of esters is 1. The summed E-state index contributed by atoms with van der Waals surface area (Å²) >= 11 is 0. The third-order valence-electron chi connectivity index (χ3n) is 2.22. The second-order valence-electron chi connectivity index (χ2n) is 3.43. The van der Waals surface area contributed by atoms with Crippen LogP contribution in [0.25, 0.3) is 0 Å². The second kappa shape index (κ2) is 5.95. The van der Waals surface area contributed by atoms with Gasteiger partial charge < -0.3 is 10.5 Å². The molecular weight excluding hydrogens is 224 g/mol. The Morgan fingerprint density at radius 3 is 2.76 bits per heavy atom. The fraction of sp³-hybridized carbons (Fsp3) is 0.364. The largest absolute Gasteiger partial charge is 0.466 e. The van der Waals surface area contributed by atoms with Gasteiger partial charge in [-0.3, -0.25) is 14.9 Å². The van der Waals surface area contributed by atoms with Crippen molar-refractivity contribution < 1.29 is 14.5 Å². The Hall–Kier alpha value is -1.95. The zero-order chi connectivity index (χ0) is 12.8. The van der Waals surface area contributed by atoms with Crippen LogP contribution in [0.15, 0.2) is 24.3 Å². The first-order valence-corrected chi connectivity index (χ1v) is 5.20. The molecule has 1 unspecified atom stereocenters. The highest BCUT2D eigenvalue weighted by Crippen LogP contribution is 2.25. The first-order chi connectivity index (χ1) is 8.06. The maximum atomic E-state index is 11.2. The van der Waals surface area contributed by atoms with E-state index in [0.717, 1.165) is 0 Å². The van der Waals surface area contributed by atoms with Crippen molar-refractivity contribution in [1.82, 2.24) is 0 Å². The smallest absolute Gasteiger partial charge is 0.307 e. The van der Waals surface area contributed by atoms with E-state index in [2.05, 4.69) is 0 Å². The fourth-order valence-electron chi connectivity index (χ4n) is 1.48. The lowest BCUT2D eigenvalue weighted by Crippen LogP contribution is -2.18. The van der Waals surface area contributed by atoms with Crippen molar-refractivity contribution in [3.63, 3.8) is 0 Å². The molecule has 0 saturated carbocycles. The maximum Gasteiger partial charge on any atom is 0.307 e. The van der Waals surface area contributed by atoms with Gasteiger partial charge in [-0.15, -0.1) is 0 Å². The predicted octanol–water partition coefficient (Wildman–Crippen LogP) is 1.55. The highest BCUT2D eigenvalue weighted by atomic mass is 16.6. The summed E-state index contributed by atoms with van der Waals surface area (Å²) in [5.74, 6) is -0.460. The van der Waals surface area contributed by atoms with E-state index in [0.29, 0.717) is 5.56 Å². The van der Waals surface area contributed by atoms with E-state index in [1.807, 2.05) is 0 Å². The van der Waals surface area contributed by atoms with Crippen molar-refractivity contribution in [2.75, 3.05) is 6.61 Å². The number of nitro groups is 1. The summed E-state index contributed by atoms with van der Waals surface area (Å²) in [6, 6.07) is 5.38. The lowest BCUT2D eigenvalue weighted by atomic mass is 10.0. The van der Waals surface area contributed by atoms with E-state index in [-0.39, 0.29) is 18.7 Å². The Labute approximate surface area is 98.5 Å². The Morgan fingerprint density at radius 2 is 2.18 bits per heavy atom. The Balaban J connectivity index is 2.85. The minimum absolute atomic E-state index is 0.0707. The topological polar surface area (TPSA) is 95.5 Å². The molecule has 6 nitrogen and oxygen atoms in total. The summed E-state index contributed by atoms with van der Waals surface area (Å²) in [6.45, 7) is 1.96. The summed E-state index contributed by atoms with van der Waals surface area (Å²) in [6.07, 6.45) is -0.0707. The van der Waals surface area contributed by atoms with Gasteiger partial charge in [0.15, 0.2) is 0 Å². The molecule has 0 aliphatic rings. The highest BCUT2D eigenvalue weighted by Gasteiger charge is 2.21. The van der Waals surface area contributed by atoms with Gasteiger partial charge in [0.25, 0.3) is 5.69 Å². The molecule has 0 radical (unpaired) electrons. The summed E-state index contributed by atoms with van der Waals surface area (Å²) < 4.78 is 4.75. The van der Waals surface area contributed by atoms with Gasteiger partial charge in [-0.25, -0.2) is 0 Å². The summed E-state index contributed by atoms with van der Waals surface area (Å²) in [5.41, 5.74) is 6.02. The normalized spacial score (nSPS) is 11.9. The van der Waals surface area contributed by atoms with Crippen LogP contribution in [0.2, 0.25) is 0 Å². The van der Waals surface area contributed by atoms with Crippen molar-refractivity contribution in [1.29, 1.82) is 0 Å². The number of nitro benzene ring substituents is 1. The number of para-hydroxylation sites is 1. The van der Waals surface area contributed by atoms with Gasteiger partial charge in [0, 0.05) is 17.7 Å². The lowest BCUT2D eigenvalue weighted by Gasteiger charge is -2.11. The third kappa shape index (κ3) is 3.53. The van der Waals surface area contributed by atoms with Gasteiger partial charge in [-0.2, -0.15) is 0 Å². The minimum atomic E-state index is -0.726. The van der Waals surface area contributed by atoms with Crippen molar-refractivity contribution in [3.05, 3.63) is 39.9 Å². The number of hydrogen-bond donors (Lipinski definition) is 1. The van der Waals surface area contributed by atoms with Crippen LogP contribution in [0.4, 0.5) is 5.69 Å². The SMILES string of the molecule is CCOC(=O)CC(N)c1ccccc1[N+](=O)[O-]. The average Bonchev–Trinajstić information content (AvgIpc) is 2.29. The zero-order valence-electron chi connectivity index (χ0n) is 9.46. The molecule has 0 amide bonds. The van der Waals surface area contributed by atoms with Gasteiger partial charge in [-0.05, 0) is 6.92 Å². The Morgan fingerprint density at radius 1 is 1.53 bits per heavy atom. The van der Waals surface area contributed by atoms with E-state index in [1.165, 1.54) is 6.07 Å². The van der Waals surface area contributed by atoms with Crippen molar-refractivity contribution in [3.8, 4) is 0 Å². The first-order valence-electron chi connectivity index (χ1n) is 5.20. The average molecular weight is 238 g/mol. The molecule has 1 atom stereocenters. The van der Waals surface area contributed by atoms with E-state index in [9.17, 15) is 14.9 Å². The molecule has 2 N–H and O–H groups in total. The van der Waals surface area contributed by atoms with Crippen LogP contribution in [0.5, 0.6) is 0 Å². The van der Waals surface area contributed by atoms with Gasteiger partial charge in [0.1, 0.15) is 0 Å². The standard InChI is InChI=1S/C11H14N2O4/c1-2-17-11(14)7-9(12)8-5-3-4-6-10(8)13(15)16/h3-6,9H,2,7,12H2,1H3. The first kappa shape index (κ1) is 13.1. The molecule has 0 heterocycles.